The van der Waals surface area contributed by atoms with Crippen molar-refractivity contribution in [2.75, 3.05) is 0 Å². The van der Waals surface area contributed by atoms with Crippen LogP contribution in [0.5, 0.6) is 0 Å². The highest BCUT2D eigenvalue weighted by Gasteiger charge is 2.13. The van der Waals surface area contributed by atoms with Gasteiger partial charge >= 0.3 is 0 Å². The van der Waals surface area contributed by atoms with Gasteiger partial charge in [0.2, 0.25) is 0 Å². The molecule has 0 radical (unpaired) electrons. The fraction of sp³-hybridized carbons (Fsp3) is 0.300. The van der Waals surface area contributed by atoms with Gasteiger partial charge in [-0.25, -0.2) is 4.83 Å². The zero-order valence-corrected chi connectivity index (χ0v) is 11.6. The summed E-state index contributed by atoms with van der Waals surface area (Å²) in [6, 6.07) is 6.41. The molecule has 1 rings (SSSR count). The Hall–Kier alpha value is -0.780. The normalized spacial score (nSPS) is 12.9. The molecule has 17 heavy (non-hydrogen) atoms. The van der Waals surface area contributed by atoms with Crippen LogP contribution in [-0.2, 0) is 10.0 Å². The number of hydrogen-bond donors (Lipinski definition) is 1. The van der Waals surface area contributed by atoms with Gasteiger partial charge in [-0.05, 0) is 26.0 Å². The average Bonchev–Trinajstić information content (AvgIpc) is 2.26. The quantitative estimate of drug-likeness (QED) is 0.527. The van der Waals surface area contributed by atoms with E-state index in [1.165, 1.54) is 19.1 Å². The van der Waals surface area contributed by atoms with Crippen LogP contribution < -0.4 is 4.83 Å². The maximum Gasteiger partial charge on any atom is 0.276 e. The third kappa shape index (κ3) is 4.18. The van der Waals surface area contributed by atoms with Gasteiger partial charge in [0.15, 0.2) is 0 Å². The molecule has 0 heterocycles. The number of rotatable bonds is 4. The molecule has 94 valence electrons. The second-order valence-electron chi connectivity index (χ2n) is 3.46. The number of sulfonamides is 1. The summed E-state index contributed by atoms with van der Waals surface area (Å²) in [5, 5.41) is 3.61. The molecule has 1 N–H and O–H groups in total. The van der Waals surface area contributed by atoms with Gasteiger partial charge in [-0.3, -0.25) is 0 Å². The number of hydrogen-bond acceptors (Lipinski definition) is 3. The monoisotopic (exact) mass is 294 g/mol. The molecule has 0 amide bonds. The molecule has 1 aromatic carbocycles. The van der Waals surface area contributed by atoms with E-state index in [1.807, 2.05) is 6.92 Å². The predicted molar refractivity (Wildman–Crippen MR) is 70.1 cm³/mol. The van der Waals surface area contributed by atoms with E-state index >= 15 is 0 Å². The Morgan fingerprint density at radius 3 is 2.29 bits per heavy atom. The number of hydrazone groups is 1. The van der Waals surface area contributed by atoms with Crippen molar-refractivity contribution in [1.29, 1.82) is 0 Å². The Balaban J connectivity index is 2.90. The number of benzene rings is 1. The predicted octanol–water partition coefficient (Wildman–Crippen LogP) is 2.45. The minimum absolute atomic E-state index is 0.139. The van der Waals surface area contributed by atoms with Crippen molar-refractivity contribution in [3.63, 3.8) is 0 Å². The zero-order chi connectivity index (χ0) is 13.1. The van der Waals surface area contributed by atoms with E-state index in [0.717, 1.165) is 5.56 Å². The molecule has 0 spiro atoms. The first-order valence-electron chi connectivity index (χ1n) is 4.74. The molecule has 0 fully saturated rings. The molecule has 1 aromatic rings. The van der Waals surface area contributed by atoms with Gasteiger partial charge in [0, 0.05) is 0 Å². The molecule has 0 unspecified atom stereocenters. The first-order valence-corrected chi connectivity index (χ1v) is 7.09. The summed E-state index contributed by atoms with van der Waals surface area (Å²) in [5.41, 5.74) is 1.26. The largest absolute Gasteiger partial charge is 0.276 e. The van der Waals surface area contributed by atoms with Gasteiger partial charge in [0.1, 0.15) is 4.84 Å². The molecular formula is C10H12Cl2N2O2S. The van der Waals surface area contributed by atoms with Gasteiger partial charge in [-0.15, -0.1) is 0 Å². The van der Waals surface area contributed by atoms with Crippen molar-refractivity contribution < 1.29 is 8.42 Å². The molecule has 0 aromatic heterocycles. The summed E-state index contributed by atoms with van der Waals surface area (Å²) in [4.78, 5) is 1.37. The minimum atomic E-state index is -3.66. The van der Waals surface area contributed by atoms with Crippen LogP contribution in [0.1, 0.15) is 12.5 Å². The summed E-state index contributed by atoms with van der Waals surface area (Å²) in [6.07, 6.45) is 0. The topological polar surface area (TPSA) is 58.5 Å². The highest BCUT2D eigenvalue weighted by molar-refractivity contribution is 7.89. The van der Waals surface area contributed by atoms with Crippen LogP contribution >= 0.6 is 23.2 Å². The van der Waals surface area contributed by atoms with E-state index in [9.17, 15) is 8.42 Å². The van der Waals surface area contributed by atoms with Crippen LogP contribution in [0, 0.1) is 6.92 Å². The van der Waals surface area contributed by atoms with Crippen molar-refractivity contribution in [2.45, 2.75) is 23.6 Å². The molecule has 7 heteroatoms. The number of halogens is 2. The van der Waals surface area contributed by atoms with Crippen molar-refractivity contribution in [2.24, 2.45) is 5.10 Å². The molecule has 0 saturated heterocycles. The summed E-state index contributed by atoms with van der Waals surface area (Å²) < 4.78 is 23.5. The maximum atomic E-state index is 11.8. The maximum absolute atomic E-state index is 11.8. The lowest BCUT2D eigenvalue weighted by molar-refractivity contribution is 0.584. The van der Waals surface area contributed by atoms with Crippen molar-refractivity contribution in [1.82, 2.24) is 4.83 Å². The van der Waals surface area contributed by atoms with E-state index in [1.54, 1.807) is 12.1 Å². The number of aryl methyl sites for hydroxylation is 1. The Kier molecular flexibility index (Phi) is 4.80. The summed E-state index contributed by atoms with van der Waals surface area (Å²) in [6.45, 7) is 3.40. The Labute approximate surface area is 111 Å². The van der Waals surface area contributed by atoms with Gasteiger partial charge in [0.05, 0.1) is 10.6 Å². The van der Waals surface area contributed by atoms with Gasteiger partial charge < -0.3 is 0 Å². The molecular weight excluding hydrogens is 283 g/mol. The van der Waals surface area contributed by atoms with Crippen molar-refractivity contribution in [3.05, 3.63) is 29.8 Å². The lowest BCUT2D eigenvalue weighted by Gasteiger charge is -2.05. The summed E-state index contributed by atoms with van der Waals surface area (Å²) in [5.74, 6) is 0. The lowest BCUT2D eigenvalue weighted by atomic mass is 10.2. The number of alkyl halides is 2. The van der Waals surface area contributed by atoms with Crippen LogP contribution in [0.4, 0.5) is 0 Å². The fourth-order valence-electron chi connectivity index (χ4n) is 0.951. The van der Waals surface area contributed by atoms with Crippen LogP contribution in [0.15, 0.2) is 34.3 Å². The van der Waals surface area contributed by atoms with E-state index in [4.69, 9.17) is 23.2 Å². The number of nitrogens with one attached hydrogen (secondary N) is 1. The number of nitrogens with zero attached hydrogens (tertiary/aromatic N) is 1. The molecule has 0 aliphatic heterocycles. The second-order valence-corrected chi connectivity index (χ2v) is 6.22. The SMILES string of the molecule is C/C(=N\NS(=O)(=O)c1ccc(C)cc1)C(Cl)Cl. The van der Waals surface area contributed by atoms with Crippen LogP contribution in [0.3, 0.4) is 0 Å². The summed E-state index contributed by atoms with van der Waals surface area (Å²) >= 11 is 11.0. The first-order chi connectivity index (χ1) is 7.83. The Morgan fingerprint density at radius 1 is 1.29 bits per heavy atom. The zero-order valence-electron chi connectivity index (χ0n) is 9.31. The third-order valence-corrected chi connectivity index (χ3v) is 3.85. The van der Waals surface area contributed by atoms with Gasteiger partial charge in [0.25, 0.3) is 10.0 Å². The first kappa shape index (κ1) is 14.3. The molecule has 0 bridgehead atoms. The van der Waals surface area contributed by atoms with E-state index in [-0.39, 0.29) is 10.6 Å². The van der Waals surface area contributed by atoms with E-state index < -0.39 is 14.9 Å². The Morgan fingerprint density at radius 2 is 1.82 bits per heavy atom. The molecule has 0 saturated carbocycles. The highest BCUT2D eigenvalue weighted by atomic mass is 35.5. The fourth-order valence-corrected chi connectivity index (χ4v) is 1.91. The third-order valence-electron chi connectivity index (χ3n) is 1.99. The van der Waals surface area contributed by atoms with E-state index in [2.05, 4.69) is 9.93 Å². The molecule has 0 aliphatic rings. The average molecular weight is 295 g/mol. The molecule has 4 nitrogen and oxygen atoms in total. The van der Waals surface area contributed by atoms with Crippen molar-refractivity contribution in [3.8, 4) is 0 Å². The standard InChI is InChI=1S/C10H12Cl2N2O2S/c1-7-3-5-9(6-4-7)17(15,16)14-13-8(2)10(11)12/h3-6,10,14H,1-2H3/b13-8+. The Bertz CT molecular complexity index is 510. The van der Waals surface area contributed by atoms with Gasteiger partial charge in [-0.1, -0.05) is 40.9 Å². The smallest absolute Gasteiger partial charge is 0.200 e. The van der Waals surface area contributed by atoms with Crippen LogP contribution in [-0.4, -0.2) is 19.0 Å². The molecule has 0 atom stereocenters. The van der Waals surface area contributed by atoms with Crippen LogP contribution in [0.2, 0.25) is 0 Å². The van der Waals surface area contributed by atoms with E-state index in [0.29, 0.717) is 0 Å². The molecule has 0 aliphatic carbocycles. The van der Waals surface area contributed by atoms with Crippen molar-refractivity contribution >= 4 is 38.9 Å². The summed E-state index contributed by atoms with van der Waals surface area (Å²) in [7, 11) is -3.66. The second kappa shape index (κ2) is 5.71. The lowest BCUT2D eigenvalue weighted by Crippen LogP contribution is -2.21. The van der Waals surface area contributed by atoms with Gasteiger partial charge in [-0.2, -0.15) is 13.5 Å². The highest BCUT2D eigenvalue weighted by Crippen LogP contribution is 2.10. The minimum Gasteiger partial charge on any atom is -0.200 e. The van der Waals surface area contributed by atoms with Crippen LogP contribution in [0.25, 0.3) is 0 Å².